The van der Waals surface area contributed by atoms with E-state index < -0.39 is 5.97 Å². The molecule has 0 fully saturated rings. The van der Waals surface area contributed by atoms with Gasteiger partial charge in [-0.3, -0.25) is 4.79 Å². The highest BCUT2D eigenvalue weighted by Crippen LogP contribution is 2.05. The topological polar surface area (TPSA) is 78.4 Å². The van der Waals surface area contributed by atoms with Crippen molar-refractivity contribution in [2.45, 2.75) is 46.1 Å². The van der Waals surface area contributed by atoms with Crippen LogP contribution in [0.2, 0.25) is 0 Å². The number of carbonyl (C=O) groups is 2. The largest absolute Gasteiger partial charge is 0.481 e. The molecule has 0 aromatic carbocycles. The van der Waals surface area contributed by atoms with Gasteiger partial charge in [0.05, 0.1) is 0 Å². The van der Waals surface area contributed by atoms with Crippen molar-refractivity contribution in [3.63, 3.8) is 0 Å². The summed E-state index contributed by atoms with van der Waals surface area (Å²) in [7, 11) is 0. The lowest BCUT2D eigenvalue weighted by Gasteiger charge is -2.20. The van der Waals surface area contributed by atoms with Crippen LogP contribution in [0.5, 0.6) is 0 Å². The molecule has 0 aliphatic rings. The van der Waals surface area contributed by atoms with Gasteiger partial charge in [0.15, 0.2) is 0 Å². The van der Waals surface area contributed by atoms with E-state index in [9.17, 15) is 9.59 Å². The maximum absolute atomic E-state index is 11.3. The third kappa shape index (κ3) is 7.09. The van der Waals surface area contributed by atoms with Gasteiger partial charge in [0.25, 0.3) is 0 Å². The van der Waals surface area contributed by atoms with Gasteiger partial charge in [0, 0.05) is 19.0 Å². The minimum absolute atomic E-state index is 0.0845. The molecule has 3 N–H and O–H groups in total. The van der Waals surface area contributed by atoms with Crippen LogP contribution in [0.15, 0.2) is 0 Å². The first-order chi connectivity index (χ1) is 7.47. The van der Waals surface area contributed by atoms with Crippen molar-refractivity contribution in [3.8, 4) is 0 Å². The number of urea groups is 1. The van der Waals surface area contributed by atoms with Crippen molar-refractivity contribution in [2.75, 3.05) is 6.54 Å². The predicted octanol–water partition coefficient (Wildman–Crippen LogP) is 1.58. The molecule has 16 heavy (non-hydrogen) atoms. The maximum atomic E-state index is 11.3. The average molecular weight is 230 g/mol. The number of carbonyl (C=O) groups excluding carboxylic acids is 1. The summed E-state index contributed by atoms with van der Waals surface area (Å²) >= 11 is 0. The van der Waals surface area contributed by atoms with E-state index in [0.717, 1.165) is 6.42 Å². The second-order valence-corrected chi connectivity index (χ2v) is 4.07. The molecule has 2 atom stereocenters. The van der Waals surface area contributed by atoms with E-state index >= 15 is 0 Å². The SMILES string of the molecule is CCC(C)C(C)NC(=O)NCCCC(=O)O. The van der Waals surface area contributed by atoms with E-state index in [1.165, 1.54) is 0 Å². The molecule has 5 heteroatoms. The number of aliphatic carboxylic acids is 1. The van der Waals surface area contributed by atoms with Gasteiger partial charge >= 0.3 is 12.0 Å². The van der Waals surface area contributed by atoms with Crippen molar-refractivity contribution in [3.05, 3.63) is 0 Å². The zero-order chi connectivity index (χ0) is 12.6. The maximum Gasteiger partial charge on any atom is 0.315 e. The van der Waals surface area contributed by atoms with Crippen LogP contribution in [0.3, 0.4) is 0 Å². The van der Waals surface area contributed by atoms with Crippen LogP contribution >= 0.6 is 0 Å². The van der Waals surface area contributed by atoms with Gasteiger partial charge in [-0.05, 0) is 19.3 Å². The Labute approximate surface area is 96.6 Å². The molecular formula is C11H22N2O3. The van der Waals surface area contributed by atoms with E-state index in [0.29, 0.717) is 18.9 Å². The summed E-state index contributed by atoms with van der Waals surface area (Å²) in [6, 6.07) is -0.0948. The molecule has 0 aromatic rings. The number of hydrogen-bond acceptors (Lipinski definition) is 2. The van der Waals surface area contributed by atoms with Crippen LogP contribution in [-0.4, -0.2) is 29.7 Å². The number of amides is 2. The van der Waals surface area contributed by atoms with Crippen LogP contribution in [0.1, 0.15) is 40.0 Å². The van der Waals surface area contributed by atoms with Crippen LogP contribution < -0.4 is 10.6 Å². The average Bonchev–Trinajstić information content (AvgIpc) is 2.22. The third-order valence-corrected chi connectivity index (χ3v) is 2.71. The quantitative estimate of drug-likeness (QED) is 0.581. The van der Waals surface area contributed by atoms with Crippen molar-refractivity contribution < 1.29 is 14.7 Å². The van der Waals surface area contributed by atoms with E-state index in [-0.39, 0.29) is 18.5 Å². The Hall–Kier alpha value is -1.26. The van der Waals surface area contributed by atoms with Gasteiger partial charge in [0.1, 0.15) is 0 Å². The summed E-state index contributed by atoms with van der Waals surface area (Å²) < 4.78 is 0. The highest BCUT2D eigenvalue weighted by atomic mass is 16.4. The summed E-state index contributed by atoms with van der Waals surface area (Å²) in [5.41, 5.74) is 0. The molecule has 5 nitrogen and oxygen atoms in total. The number of hydrogen-bond donors (Lipinski definition) is 3. The van der Waals surface area contributed by atoms with E-state index in [2.05, 4.69) is 24.5 Å². The number of carboxylic acid groups (broad SMARTS) is 1. The van der Waals surface area contributed by atoms with Gasteiger partial charge in [0.2, 0.25) is 0 Å². The van der Waals surface area contributed by atoms with Crippen LogP contribution in [0.4, 0.5) is 4.79 Å². The molecular weight excluding hydrogens is 208 g/mol. The number of carboxylic acids is 1. The monoisotopic (exact) mass is 230 g/mol. The summed E-state index contributed by atoms with van der Waals surface area (Å²) in [5, 5.41) is 13.9. The second kappa shape index (κ2) is 7.96. The standard InChI is InChI=1S/C11H22N2O3/c1-4-8(2)9(3)13-11(16)12-7-5-6-10(14)15/h8-9H,4-7H2,1-3H3,(H,14,15)(H2,12,13,16). The molecule has 0 aliphatic carbocycles. The third-order valence-electron chi connectivity index (χ3n) is 2.71. The van der Waals surface area contributed by atoms with Crippen LogP contribution in [0.25, 0.3) is 0 Å². The Bertz CT molecular complexity index is 231. The molecule has 0 saturated heterocycles. The highest BCUT2D eigenvalue weighted by Gasteiger charge is 2.12. The summed E-state index contributed by atoms with van der Waals surface area (Å²) in [6.07, 6.45) is 1.56. The Morgan fingerprint density at radius 1 is 1.31 bits per heavy atom. The first kappa shape index (κ1) is 14.7. The Kier molecular flexibility index (Phi) is 7.33. The predicted molar refractivity (Wildman–Crippen MR) is 62.3 cm³/mol. The number of rotatable bonds is 7. The van der Waals surface area contributed by atoms with Crippen LogP contribution in [0, 0.1) is 5.92 Å². The molecule has 2 unspecified atom stereocenters. The molecule has 0 radical (unpaired) electrons. The molecule has 0 saturated carbocycles. The molecule has 0 aromatic heterocycles. The van der Waals surface area contributed by atoms with Crippen molar-refractivity contribution >= 4 is 12.0 Å². The minimum atomic E-state index is -0.838. The first-order valence-corrected chi connectivity index (χ1v) is 5.73. The van der Waals surface area contributed by atoms with E-state index in [1.54, 1.807) is 0 Å². The van der Waals surface area contributed by atoms with E-state index in [4.69, 9.17) is 5.11 Å². The summed E-state index contributed by atoms with van der Waals surface area (Å²) in [4.78, 5) is 21.6. The minimum Gasteiger partial charge on any atom is -0.481 e. The molecule has 94 valence electrons. The molecule has 0 bridgehead atoms. The highest BCUT2D eigenvalue weighted by molar-refractivity contribution is 5.74. The fraction of sp³-hybridized carbons (Fsp3) is 0.818. The van der Waals surface area contributed by atoms with Gasteiger partial charge < -0.3 is 15.7 Å². The Morgan fingerprint density at radius 3 is 2.44 bits per heavy atom. The first-order valence-electron chi connectivity index (χ1n) is 5.73. The fourth-order valence-corrected chi connectivity index (χ4v) is 1.20. The lowest BCUT2D eigenvalue weighted by molar-refractivity contribution is -0.137. The van der Waals surface area contributed by atoms with Gasteiger partial charge in [-0.25, -0.2) is 4.79 Å². The normalized spacial score (nSPS) is 13.9. The lowest BCUT2D eigenvalue weighted by atomic mass is 10.0. The van der Waals surface area contributed by atoms with Gasteiger partial charge in [-0.15, -0.1) is 0 Å². The van der Waals surface area contributed by atoms with Crippen molar-refractivity contribution in [1.29, 1.82) is 0 Å². The van der Waals surface area contributed by atoms with Gasteiger partial charge in [-0.1, -0.05) is 20.3 Å². The Balaban J connectivity index is 3.62. The fourth-order valence-electron chi connectivity index (χ4n) is 1.20. The van der Waals surface area contributed by atoms with E-state index in [1.807, 2.05) is 6.92 Å². The smallest absolute Gasteiger partial charge is 0.315 e. The summed E-state index contributed by atoms with van der Waals surface area (Å²) in [5.74, 6) is -0.403. The molecule has 0 aliphatic heterocycles. The zero-order valence-corrected chi connectivity index (χ0v) is 10.2. The second-order valence-electron chi connectivity index (χ2n) is 4.07. The lowest BCUT2D eigenvalue weighted by Crippen LogP contribution is -2.43. The van der Waals surface area contributed by atoms with Crippen LogP contribution in [-0.2, 0) is 4.79 Å². The molecule has 2 amide bonds. The molecule has 0 spiro atoms. The van der Waals surface area contributed by atoms with Gasteiger partial charge in [-0.2, -0.15) is 0 Å². The Morgan fingerprint density at radius 2 is 1.94 bits per heavy atom. The number of nitrogens with one attached hydrogen (secondary N) is 2. The van der Waals surface area contributed by atoms with Crippen molar-refractivity contribution in [2.24, 2.45) is 5.92 Å². The summed E-state index contributed by atoms with van der Waals surface area (Å²) in [6.45, 7) is 6.51. The molecule has 0 heterocycles. The van der Waals surface area contributed by atoms with Crippen molar-refractivity contribution in [1.82, 2.24) is 10.6 Å². The zero-order valence-electron chi connectivity index (χ0n) is 10.2. The molecule has 0 rings (SSSR count).